The van der Waals surface area contributed by atoms with Crippen molar-refractivity contribution >= 4 is 9.84 Å². The Bertz CT molecular complexity index is 245. The van der Waals surface area contributed by atoms with E-state index >= 15 is 0 Å². The molecule has 0 fully saturated rings. The molecule has 0 heterocycles. The van der Waals surface area contributed by atoms with Crippen LogP contribution in [0.2, 0.25) is 0 Å². The highest BCUT2D eigenvalue weighted by Gasteiger charge is 2.06. The fourth-order valence-electron chi connectivity index (χ4n) is 0.558. The third-order valence-electron chi connectivity index (χ3n) is 1.13. The smallest absolute Gasteiger partial charge is 0.161 e. The van der Waals surface area contributed by atoms with Gasteiger partial charge in [-0.15, -0.1) is 5.92 Å². The molecule has 4 heteroatoms. The van der Waals surface area contributed by atoms with Crippen molar-refractivity contribution in [1.29, 1.82) is 0 Å². The van der Waals surface area contributed by atoms with Gasteiger partial charge in [0.15, 0.2) is 9.84 Å². The van der Waals surface area contributed by atoms with Crippen molar-refractivity contribution in [2.45, 2.75) is 13.3 Å². The Balaban J connectivity index is 3.88. The lowest BCUT2D eigenvalue weighted by Gasteiger charge is -1.96. The summed E-state index contributed by atoms with van der Waals surface area (Å²) in [5.41, 5.74) is 5.16. The first-order valence-corrected chi connectivity index (χ1v) is 5.24. The highest BCUT2D eigenvalue weighted by molar-refractivity contribution is 7.91. The van der Waals surface area contributed by atoms with Gasteiger partial charge in [-0.2, -0.15) is 0 Å². The number of nitrogens with two attached hydrogens (primary N) is 1. The maximum atomic E-state index is 11.0. The molecule has 64 valence electrons. The molecule has 0 bridgehead atoms. The molecule has 0 aromatic heterocycles. The van der Waals surface area contributed by atoms with Gasteiger partial charge in [-0.25, -0.2) is 8.42 Å². The molecule has 11 heavy (non-hydrogen) atoms. The van der Waals surface area contributed by atoms with Crippen LogP contribution in [0.4, 0.5) is 0 Å². The summed E-state index contributed by atoms with van der Waals surface area (Å²) in [4.78, 5) is 0. The third kappa shape index (κ3) is 5.89. The van der Waals surface area contributed by atoms with Crippen molar-refractivity contribution in [2.75, 3.05) is 18.1 Å². The molecule has 0 unspecified atom stereocenters. The van der Waals surface area contributed by atoms with Gasteiger partial charge >= 0.3 is 0 Å². The second kappa shape index (κ2) is 5.16. The molecule has 0 saturated heterocycles. The van der Waals surface area contributed by atoms with Gasteiger partial charge < -0.3 is 5.73 Å². The van der Waals surface area contributed by atoms with Crippen molar-refractivity contribution in [3.8, 4) is 11.8 Å². The summed E-state index contributed by atoms with van der Waals surface area (Å²) >= 11 is 0. The summed E-state index contributed by atoms with van der Waals surface area (Å²) in [6.07, 6.45) is 0.522. The van der Waals surface area contributed by atoms with Crippen LogP contribution in [0.25, 0.3) is 0 Å². The van der Waals surface area contributed by atoms with Crippen molar-refractivity contribution in [1.82, 2.24) is 0 Å². The summed E-state index contributed by atoms with van der Waals surface area (Å²) in [5, 5.41) is 0. The van der Waals surface area contributed by atoms with Crippen LogP contribution in [0.15, 0.2) is 0 Å². The molecule has 0 atom stereocenters. The number of hydrogen-bond acceptors (Lipinski definition) is 3. The minimum absolute atomic E-state index is 0.0382. The molecule has 2 N–H and O–H groups in total. The number of sulfone groups is 1. The SMILES string of the molecule is CC#CCS(=O)(=O)CCCN. The number of hydrogen-bond donors (Lipinski definition) is 1. The minimum Gasteiger partial charge on any atom is -0.330 e. The predicted octanol–water partition coefficient (Wildman–Crippen LogP) is -0.227. The Labute approximate surface area is 67.9 Å². The fourth-order valence-corrected chi connectivity index (χ4v) is 1.67. The second-order valence-electron chi connectivity index (χ2n) is 2.16. The van der Waals surface area contributed by atoms with Crippen molar-refractivity contribution in [3.05, 3.63) is 0 Å². The highest BCUT2D eigenvalue weighted by Crippen LogP contribution is 1.91. The number of rotatable bonds is 4. The van der Waals surface area contributed by atoms with E-state index in [1.165, 1.54) is 0 Å². The zero-order valence-corrected chi connectivity index (χ0v) is 7.45. The highest BCUT2D eigenvalue weighted by atomic mass is 32.2. The standard InChI is InChI=1S/C7H13NO2S/c1-2-3-6-11(9,10)7-4-5-8/h4-8H2,1H3. The van der Waals surface area contributed by atoms with E-state index < -0.39 is 9.84 Å². The van der Waals surface area contributed by atoms with Gasteiger partial charge in [0.2, 0.25) is 0 Å². The normalized spacial score (nSPS) is 10.4. The van der Waals surface area contributed by atoms with Gasteiger partial charge in [0, 0.05) is 0 Å². The van der Waals surface area contributed by atoms with Crippen molar-refractivity contribution in [3.63, 3.8) is 0 Å². The van der Waals surface area contributed by atoms with Gasteiger partial charge in [-0.05, 0) is 19.9 Å². The van der Waals surface area contributed by atoms with Crippen LogP contribution in [0.5, 0.6) is 0 Å². The largest absolute Gasteiger partial charge is 0.330 e. The average molecular weight is 175 g/mol. The monoisotopic (exact) mass is 175 g/mol. The Morgan fingerprint density at radius 3 is 2.55 bits per heavy atom. The predicted molar refractivity (Wildman–Crippen MR) is 45.8 cm³/mol. The molecule has 0 aliphatic rings. The molecule has 0 aliphatic heterocycles. The van der Waals surface area contributed by atoms with E-state index in [1.807, 2.05) is 0 Å². The van der Waals surface area contributed by atoms with E-state index in [4.69, 9.17) is 5.73 Å². The zero-order valence-electron chi connectivity index (χ0n) is 6.63. The molecule has 0 spiro atoms. The van der Waals surface area contributed by atoms with Gasteiger partial charge in [-0.1, -0.05) is 5.92 Å². The first-order chi connectivity index (χ1) is 5.12. The quantitative estimate of drug-likeness (QED) is 0.601. The lowest BCUT2D eigenvalue weighted by molar-refractivity contribution is 0.597. The Kier molecular flexibility index (Phi) is 4.92. The Morgan fingerprint density at radius 1 is 1.45 bits per heavy atom. The molecule has 0 aromatic rings. The molecule has 0 rings (SSSR count). The summed E-state index contributed by atoms with van der Waals surface area (Å²) in [6, 6.07) is 0. The first kappa shape index (κ1) is 10.5. The van der Waals surface area contributed by atoms with Gasteiger partial charge in [0.05, 0.1) is 5.75 Å². The van der Waals surface area contributed by atoms with E-state index in [0.717, 1.165) is 0 Å². The summed E-state index contributed by atoms with van der Waals surface area (Å²) in [7, 11) is -2.96. The van der Waals surface area contributed by atoms with Crippen molar-refractivity contribution < 1.29 is 8.42 Å². The Morgan fingerprint density at radius 2 is 2.09 bits per heavy atom. The lowest BCUT2D eigenvalue weighted by Crippen LogP contribution is -2.13. The zero-order chi connectivity index (χ0) is 8.74. The van der Waals surface area contributed by atoms with Crippen LogP contribution in [0.1, 0.15) is 13.3 Å². The van der Waals surface area contributed by atoms with E-state index in [1.54, 1.807) is 6.92 Å². The summed E-state index contributed by atoms with van der Waals surface area (Å²) in [5.74, 6) is 5.17. The first-order valence-electron chi connectivity index (χ1n) is 3.42. The van der Waals surface area contributed by atoms with Crippen LogP contribution in [0.3, 0.4) is 0 Å². The van der Waals surface area contributed by atoms with E-state index in [9.17, 15) is 8.42 Å². The van der Waals surface area contributed by atoms with Gasteiger partial charge in [0.25, 0.3) is 0 Å². The molecular formula is C7H13NO2S. The average Bonchev–Trinajstić information content (AvgIpc) is 1.97. The van der Waals surface area contributed by atoms with Crippen LogP contribution in [-0.4, -0.2) is 26.5 Å². The van der Waals surface area contributed by atoms with Crippen LogP contribution >= 0.6 is 0 Å². The third-order valence-corrected chi connectivity index (χ3v) is 2.62. The topological polar surface area (TPSA) is 60.2 Å². The maximum Gasteiger partial charge on any atom is 0.161 e. The van der Waals surface area contributed by atoms with Crippen LogP contribution in [0, 0.1) is 11.8 Å². The lowest BCUT2D eigenvalue weighted by atomic mass is 10.5. The molecule has 0 radical (unpaired) electrons. The summed E-state index contributed by atoms with van der Waals surface area (Å²) < 4.78 is 22.0. The minimum atomic E-state index is -2.96. The molecular weight excluding hydrogens is 162 g/mol. The molecule has 0 amide bonds. The van der Waals surface area contributed by atoms with Crippen molar-refractivity contribution in [2.24, 2.45) is 5.73 Å². The summed E-state index contributed by atoms with van der Waals surface area (Å²) in [6.45, 7) is 2.04. The molecule has 0 saturated carbocycles. The molecule has 3 nitrogen and oxygen atoms in total. The Hall–Kier alpha value is -0.530. The molecule has 0 aliphatic carbocycles. The van der Waals surface area contributed by atoms with Gasteiger partial charge in [0.1, 0.15) is 5.75 Å². The van der Waals surface area contributed by atoms with Crippen LogP contribution < -0.4 is 5.73 Å². The maximum absolute atomic E-state index is 11.0. The second-order valence-corrected chi connectivity index (χ2v) is 4.35. The van der Waals surface area contributed by atoms with E-state index in [2.05, 4.69) is 11.8 Å². The van der Waals surface area contributed by atoms with E-state index in [0.29, 0.717) is 13.0 Å². The van der Waals surface area contributed by atoms with E-state index in [-0.39, 0.29) is 11.5 Å². The van der Waals surface area contributed by atoms with Gasteiger partial charge in [-0.3, -0.25) is 0 Å². The van der Waals surface area contributed by atoms with Crippen LogP contribution in [-0.2, 0) is 9.84 Å². The fraction of sp³-hybridized carbons (Fsp3) is 0.714. The molecule has 0 aromatic carbocycles.